The zero-order chi connectivity index (χ0) is 20.0. The van der Waals surface area contributed by atoms with Gasteiger partial charge in [-0.3, -0.25) is 14.7 Å². The Morgan fingerprint density at radius 3 is 2.56 bits per heavy atom. The molecule has 2 aromatic heterocycles. The summed E-state index contributed by atoms with van der Waals surface area (Å²) in [6.45, 7) is 2.94. The number of hydrogen-bond donors (Lipinski definition) is 2. The van der Waals surface area contributed by atoms with Crippen LogP contribution in [0.25, 0.3) is 11.2 Å². The third-order valence-corrected chi connectivity index (χ3v) is 4.34. The molecule has 0 aromatic carbocycles. The van der Waals surface area contributed by atoms with Crippen molar-refractivity contribution in [3.63, 3.8) is 0 Å². The van der Waals surface area contributed by atoms with Gasteiger partial charge in [-0.05, 0) is 39.2 Å². The van der Waals surface area contributed by atoms with Crippen LogP contribution in [0.1, 0.15) is 56.8 Å². The number of nitrogens with one attached hydrogen (secondary N) is 1. The highest BCUT2D eigenvalue weighted by Crippen LogP contribution is 2.38. The molecule has 1 saturated carbocycles. The van der Waals surface area contributed by atoms with Crippen molar-refractivity contribution in [3.05, 3.63) is 17.3 Å². The van der Waals surface area contributed by atoms with Crippen LogP contribution in [0.5, 0.6) is 0 Å². The number of halogens is 3. The van der Waals surface area contributed by atoms with Gasteiger partial charge in [0.25, 0.3) is 0 Å². The highest BCUT2D eigenvalue weighted by atomic mass is 19.4. The fourth-order valence-corrected chi connectivity index (χ4v) is 2.96. The van der Waals surface area contributed by atoms with Crippen LogP contribution >= 0.6 is 0 Å². The molecule has 3 rings (SSSR count). The minimum Gasteiger partial charge on any atom is -0.390 e. The second-order valence-electron chi connectivity index (χ2n) is 7.26. The number of hydrogen-bond acceptors (Lipinski definition) is 5. The molecule has 2 heterocycles. The van der Waals surface area contributed by atoms with Crippen molar-refractivity contribution in [2.24, 2.45) is 0 Å². The first-order chi connectivity index (χ1) is 12.5. The number of amides is 1. The summed E-state index contributed by atoms with van der Waals surface area (Å²) >= 11 is 0. The van der Waals surface area contributed by atoms with Crippen LogP contribution in [-0.4, -0.2) is 31.1 Å². The van der Waals surface area contributed by atoms with Crippen LogP contribution in [0.3, 0.4) is 0 Å². The fraction of sp³-hybridized carbons (Fsp3) is 0.529. The van der Waals surface area contributed by atoms with Gasteiger partial charge in [-0.1, -0.05) is 0 Å². The van der Waals surface area contributed by atoms with Gasteiger partial charge >= 0.3 is 6.18 Å². The molecule has 0 aliphatic heterocycles. The van der Waals surface area contributed by atoms with E-state index in [-0.39, 0.29) is 29.6 Å². The van der Waals surface area contributed by atoms with E-state index in [1.165, 1.54) is 24.5 Å². The van der Waals surface area contributed by atoms with Gasteiger partial charge in [-0.25, -0.2) is 9.97 Å². The van der Waals surface area contributed by atoms with Crippen LogP contribution in [0.15, 0.2) is 6.07 Å². The lowest BCUT2D eigenvalue weighted by Gasteiger charge is -2.28. The average molecular weight is 381 g/mol. The molecule has 1 aliphatic rings. The Morgan fingerprint density at radius 2 is 2.07 bits per heavy atom. The van der Waals surface area contributed by atoms with E-state index in [2.05, 4.69) is 15.3 Å². The zero-order valence-corrected chi connectivity index (χ0v) is 14.8. The number of nitrogens with zero attached hydrogens (tertiary/aromatic N) is 4. The van der Waals surface area contributed by atoms with E-state index in [1.54, 1.807) is 0 Å². The summed E-state index contributed by atoms with van der Waals surface area (Å²) in [5.41, 5.74) is -3.06. The fourth-order valence-electron chi connectivity index (χ4n) is 2.96. The van der Waals surface area contributed by atoms with Gasteiger partial charge in [0.15, 0.2) is 11.3 Å². The van der Waals surface area contributed by atoms with E-state index in [0.717, 1.165) is 25.3 Å². The number of nitriles is 1. The molecule has 0 saturated heterocycles. The average Bonchev–Trinajstić information content (AvgIpc) is 2.78. The van der Waals surface area contributed by atoms with Gasteiger partial charge in [0.2, 0.25) is 11.9 Å². The van der Waals surface area contributed by atoms with Gasteiger partial charge in [-0.2, -0.15) is 18.4 Å². The van der Waals surface area contributed by atoms with Crippen molar-refractivity contribution < 1.29 is 23.1 Å². The van der Waals surface area contributed by atoms with Crippen molar-refractivity contribution >= 4 is 23.0 Å². The number of alkyl halides is 3. The molecule has 1 aliphatic carbocycles. The molecule has 7 nitrogen and oxygen atoms in total. The summed E-state index contributed by atoms with van der Waals surface area (Å²) in [6.07, 6.45) is -2.63. The SMILES string of the molecule is CC(C)(O)CC(=O)Nc1nc2cc(C#N)c(C(F)(F)F)nc2n1C1CCC1. The number of aromatic nitrogens is 3. The van der Waals surface area contributed by atoms with Gasteiger partial charge in [0, 0.05) is 6.04 Å². The lowest BCUT2D eigenvalue weighted by Crippen LogP contribution is -2.29. The molecule has 0 radical (unpaired) electrons. The Kier molecular flexibility index (Phi) is 4.59. The van der Waals surface area contributed by atoms with Crippen molar-refractivity contribution in [1.29, 1.82) is 5.26 Å². The molecule has 27 heavy (non-hydrogen) atoms. The predicted molar refractivity (Wildman–Crippen MR) is 89.7 cm³/mol. The lowest BCUT2D eigenvalue weighted by atomic mass is 9.93. The van der Waals surface area contributed by atoms with Gasteiger partial charge < -0.3 is 5.11 Å². The first-order valence-corrected chi connectivity index (χ1v) is 8.42. The normalized spacial score (nSPS) is 15.4. The lowest BCUT2D eigenvalue weighted by molar-refractivity contribution is -0.141. The summed E-state index contributed by atoms with van der Waals surface area (Å²) in [4.78, 5) is 20.0. The molecule has 0 bridgehead atoms. The van der Waals surface area contributed by atoms with E-state index in [9.17, 15) is 23.1 Å². The molecule has 2 N–H and O–H groups in total. The smallest absolute Gasteiger partial charge is 0.390 e. The Labute approximate surface area is 152 Å². The van der Waals surface area contributed by atoms with E-state index >= 15 is 0 Å². The number of rotatable bonds is 4. The quantitative estimate of drug-likeness (QED) is 0.847. The summed E-state index contributed by atoms with van der Waals surface area (Å²) in [5.74, 6) is -0.449. The molecule has 2 aromatic rings. The van der Waals surface area contributed by atoms with Crippen LogP contribution in [-0.2, 0) is 11.0 Å². The van der Waals surface area contributed by atoms with Crippen molar-refractivity contribution in [2.45, 2.75) is 57.3 Å². The Bertz CT molecular complexity index is 933. The van der Waals surface area contributed by atoms with Crippen LogP contribution in [0, 0.1) is 11.3 Å². The van der Waals surface area contributed by atoms with Crippen molar-refractivity contribution in [3.8, 4) is 6.07 Å². The van der Waals surface area contributed by atoms with E-state index < -0.39 is 28.9 Å². The minimum atomic E-state index is -4.78. The highest BCUT2D eigenvalue weighted by molar-refractivity contribution is 5.91. The maximum atomic E-state index is 13.3. The molecule has 0 unspecified atom stereocenters. The van der Waals surface area contributed by atoms with Gasteiger partial charge in [0.05, 0.1) is 17.6 Å². The molecule has 1 amide bonds. The molecule has 144 valence electrons. The molecule has 0 atom stereocenters. The first-order valence-electron chi connectivity index (χ1n) is 8.42. The number of imidazole rings is 1. The van der Waals surface area contributed by atoms with E-state index in [0.29, 0.717) is 0 Å². The number of carbonyl (C=O) groups excluding carboxylic acids is 1. The largest absolute Gasteiger partial charge is 0.434 e. The van der Waals surface area contributed by atoms with Crippen molar-refractivity contribution in [1.82, 2.24) is 14.5 Å². The summed E-state index contributed by atoms with van der Waals surface area (Å²) in [7, 11) is 0. The molecule has 0 spiro atoms. The number of aliphatic hydroxyl groups is 1. The topological polar surface area (TPSA) is 104 Å². The third-order valence-electron chi connectivity index (χ3n) is 4.34. The first kappa shape index (κ1) is 19.1. The Morgan fingerprint density at radius 1 is 1.41 bits per heavy atom. The summed E-state index contributed by atoms with van der Waals surface area (Å²) < 4.78 is 41.2. The molecular weight excluding hydrogens is 363 g/mol. The monoisotopic (exact) mass is 381 g/mol. The van der Waals surface area contributed by atoms with Crippen LogP contribution in [0.4, 0.5) is 19.1 Å². The predicted octanol–water partition coefficient (Wildman–Crippen LogP) is 3.15. The second kappa shape index (κ2) is 6.49. The number of pyridine rings is 1. The minimum absolute atomic E-state index is 0.0235. The van der Waals surface area contributed by atoms with Crippen molar-refractivity contribution in [2.75, 3.05) is 5.32 Å². The van der Waals surface area contributed by atoms with Gasteiger partial charge in [-0.15, -0.1) is 0 Å². The number of fused-ring (bicyclic) bond motifs is 1. The zero-order valence-electron chi connectivity index (χ0n) is 14.8. The summed E-state index contributed by atoms with van der Waals surface area (Å²) in [5, 5.41) is 21.4. The second-order valence-corrected chi connectivity index (χ2v) is 7.26. The van der Waals surface area contributed by atoms with E-state index in [4.69, 9.17) is 5.26 Å². The standard InChI is InChI=1S/C17H18F3N5O2/c1-16(2,27)7-12(26)23-15-22-11-6-9(8-21)13(17(18,19)20)24-14(11)25(15)10-4-3-5-10/h6,10,27H,3-5,7H2,1-2H3,(H,22,23,26). The number of carbonyl (C=O) groups is 1. The summed E-state index contributed by atoms with van der Waals surface area (Å²) in [6, 6.07) is 2.40. The van der Waals surface area contributed by atoms with Crippen LogP contribution < -0.4 is 5.32 Å². The highest BCUT2D eigenvalue weighted by Gasteiger charge is 2.37. The number of anilines is 1. The van der Waals surface area contributed by atoms with E-state index in [1.807, 2.05) is 0 Å². The van der Waals surface area contributed by atoms with Gasteiger partial charge in [0.1, 0.15) is 11.6 Å². The Hall–Kier alpha value is -2.67. The maximum Gasteiger partial charge on any atom is 0.434 e. The maximum absolute atomic E-state index is 13.3. The van der Waals surface area contributed by atoms with Crippen LogP contribution in [0.2, 0.25) is 0 Å². The third kappa shape index (κ3) is 3.88. The molecule has 1 fully saturated rings. The Balaban J connectivity index is 2.11. The molecular formula is C17H18F3N5O2. The molecule has 10 heteroatoms.